The molecule has 6 heteroatoms. The van der Waals surface area contributed by atoms with Crippen LogP contribution in [0, 0.1) is 13.8 Å². The Balaban J connectivity index is 2.15. The van der Waals surface area contributed by atoms with Crippen molar-refractivity contribution in [1.82, 2.24) is 14.5 Å². The van der Waals surface area contributed by atoms with Gasteiger partial charge in [-0.3, -0.25) is 9.36 Å². The molecule has 0 bridgehead atoms. The third-order valence-electron chi connectivity index (χ3n) is 3.42. The van der Waals surface area contributed by atoms with Gasteiger partial charge in [0.2, 0.25) is 0 Å². The average Bonchev–Trinajstić information content (AvgIpc) is 2.80. The van der Waals surface area contributed by atoms with Crippen LogP contribution in [0.2, 0.25) is 0 Å². The van der Waals surface area contributed by atoms with E-state index in [1.54, 1.807) is 23.0 Å². The van der Waals surface area contributed by atoms with Gasteiger partial charge in [0, 0.05) is 10.9 Å². The normalized spacial score (nSPS) is 11.0. The molecular weight excluding hydrogens is 286 g/mol. The predicted octanol–water partition coefficient (Wildman–Crippen LogP) is 2.53. The quantitative estimate of drug-likeness (QED) is 0.746. The number of aryl methyl sites for hydroxylation is 2. The molecule has 0 atom stereocenters. The summed E-state index contributed by atoms with van der Waals surface area (Å²) in [7, 11) is 1.60. The Morgan fingerprint density at radius 3 is 2.81 bits per heavy atom. The van der Waals surface area contributed by atoms with Crippen LogP contribution in [0.5, 0.6) is 5.75 Å². The summed E-state index contributed by atoms with van der Waals surface area (Å²) in [5.74, 6) is 0.704. The number of methoxy groups -OCH3 is 1. The first kappa shape index (κ1) is 13.8. The Morgan fingerprint density at radius 1 is 1.33 bits per heavy atom. The van der Waals surface area contributed by atoms with Crippen LogP contribution in [0.25, 0.3) is 11.0 Å². The number of rotatable bonds is 3. The van der Waals surface area contributed by atoms with Crippen molar-refractivity contribution < 1.29 is 4.74 Å². The van der Waals surface area contributed by atoms with E-state index in [0.717, 1.165) is 21.7 Å². The van der Waals surface area contributed by atoms with Gasteiger partial charge in [-0.05, 0) is 26.0 Å². The first-order valence-corrected chi connectivity index (χ1v) is 7.36. The molecule has 0 radical (unpaired) electrons. The number of fused-ring (bicyclic) bond motifs is 1. The summed E-state index contributed by atoms with van der Waals surface area (Å²) in [6.45, 7) is 4.46. The highest BCUT2D eigenvalue weighted by Gasteiger charge is 2.10. The highest BCUT2D eigenvalue weighted by molar-refractivity contribution is 7.11. The van der Waals surface area contributed by atoms with Gasteiger partial charge in [-0.1, -0.05) is 0 Å². The lowest BCUT2D eigenvalue weighted by Gasteiger charge is -2.09. The van der Waals surface area contributed by atoms with Crippen molar-refractivity contribution in [2.45, 2.75) is 20.4 Å². The molecule has 5 nitrogen and oxygen atoms in total. The lowest BCUT2D eigenvalue weighted by Crippen LogP contribution is -2.21. The summed E-state index contributed by atoms with van der Waals surface area (Å²) in [5, 5.41) is 0.919. The van der Waals surface area contributed by atoms with Crippen LogP contribution in [0.15, 0.2) is 29.2 Å². The van der Waals surface area contributed by atoms with E-state index in [9.17, 15) is 4.79 Å². The highest BCUT2D eigenvalue weighted by Crippen LogP contribution is 2.21. The molecule has 0 fully saturated rings. The number of ether oxygens (including phenoxy) is 1. The summed E-state index contributed by atoms with van der Waals surface area (Å²) >= 11 is 1.61. The second-order valence-electron chi connectivity index (χ2n) is 4.79. The number of benzene rings is 1. The van der Waals surface area contributed by atoms with Gasteiger partial charge in [0.1, 0.15) is 10.8 Å². The molecule has 0 N–H and O–H groups in total. The second kappa shape index (κ2) is 5.29. The summed E-state index contributed by atoms with van der Waals surface area (Å²) < 4.78 is 6.92. The minimum atomic E-state index is -0.138. The smallest absolute Gasteiger partial charge is 0.269 e. The molecule has 0 saturated heterocycles. The fourth-order valence-electron chi connectivity index (χ4n) is 2.17. The molecule has 0 amide bonds. The number of nitrogens with zero attached hydrogens (tertiary/aromatic N) is 3. The van der Waals surface area contributed by atoms with E-state index in [-0.39, 0.29) is 5.56 Å². The lowest BCUT2D eigenvalue weighted by atomic mass is 10.2. The Labute approximate surface area is 125 Å². The maximum Gasteiger partial charge on any atom is 0.269 e. The maximum atomic E-state index is 12.2. The first-order valence-electron chi connectivity index (χ1n) is 6.55. The minimum Gasteiger partial charge on any atom is -0.497 e. The second-order valence-corrected chi connectivity index (χ2v) is 6.07. The van der Waals surface area contributed by atoms with E-state index in [0.29, 0.717) is 12.3 Å². The van der Waals surface area contributed by atoms with Gasteiger partial charge in [0.15, 0.2) is 0 Å². The Hall–Kier alpha value is -2.21. The van der Waals surface area contributed by atoms with Gasteiger partial charge in [-0.25, -0.2) is 9.97 Å². The molecular formula is C15H15N3O2S. The zero-order valence-electron chi connectivity index (χ0n) is 12.1. The van der Waals surface area contributed by atoms with Crippen LogP contribution in [0.4, 0.5) is 0 Å². The van der Waals surface area contributed by atoms with Gasteiger partial charge >= 0.3 is 0 Å². The number of thiazole rings is 1. The van der Waals surface area contributed by atoms with Gasteiger partial charge in [0.25, 0.3) is 5.56 Å². The van der Waals surface area contributed by atoms with Gasteiger partial charge in [-0.15, -0.1) is 11.3 Å². The zero-order valence-corrected chi connectivity index (χ0v) is 12.9. The monoisotopic (exact) mass is 301 g/mol. The summed E-state index contributed by atoms with van der Waals surface area (Å²) in [4.78, 5) is 22.0. The zero-order chi connectivity index (χ0) is 15.0. The fraction of sp³-hybridized carbons (Fsp3) is 0.267. The van der Waals surface area contributed by atoms with Crippen molar-refractivity contribution in [1.29, 1.82) is 0 Å². The average molecular weight is 301 g/mol. The molecule has 3 rings (SSSR count). The van der Waals surface area contributed by atoms with E-state index in [1.165, 1.54) is 11.1 Å². The van der Waals surface area contributed by atoms with Crippen LogP contribution < -0.4 is 10.3 Å². The molecule has 108 valence electrons. The minimum absolute atomic E-state index is 0.138. The van der Waals surface area contributed by atoms with Crippen LogP contribution in [-0.2, 0) is 6.54 Å². The SMILES string of the molecule is COc1ccc2ncc(=O)n(Cc3nc(C)c(C)s3)c2c1. The molecule has 0 aliphatic heterocycles. The molecule has 3 aromatic rings. The van der Waals surface area contributed by atoms with Crippen molar-refractivity contribution in [2.24, 2.45) is 0 Å². The van der Waals surface area contributed by atoms with E-state index in [4.69, 9.17) is 4.74 Å². The topological polar surface area (TPSA) is 57.0 Å². The first-order chi connectivity index (χ1) is 10.1. The van der Waals surface area contributed by atoms with Gasteiger partial charge < -0.3 is 4.74 Å². The fourth-order valence-corrected chi connectivity index (χ4v) is 3.10. The summed E-state index contributed by atoms with van der Waals surface area (Å²) in [6, 6.07) is 5.52. The molecule has 0 aliphatic rings. The van der Waals surface area contributed by atoms with Crippen molar-refractivity contribution in [3.05, 3.63) is 50.3 Å². The van der Waals surface area contributed by atoms with Gasteiger partial charge in [0.05, 0.1) is 36.6 Å². The van der Waals surface area contributed by atoms with Gasteiger partial charge in [-0.2, -0.15) is 0 Å². The molecule has 0 aliphatic carbocycles. The van der Waals surface area contributed by atoms with Crippen LogP contribution in [0.3, 0.4) is 0 Å². The highest BCUT2D eigenvalue weighted by atomic mass is 32.1. The molecule has 1 aromatic carbocycles. The molecule has 0 saturated carbocycles. The Bertz CT molecular complexity index is 847. The molecule has 2 heterocycles. The number of hydrogen-bond acceptors (Lipinski definition) is 5. The van der Waals surface area contributed by atoms with Crippen LogP contribution in [-0.4, -0.2) is 21.6 Å². The van der Waals surface area contributed by atoms with Crippen LogP contribution >= 0.6 is 11.3 Å². The molecule has 2 aromatic heterocycles. The standard InChI is InChI=1S/C15H15N3O2S/c1-9-10(2)21-14(17-9)8-18-13-6-11(20-3)4-5-12(13)16-7-15(18)19/h4-7H,8H2,1-3H3. The summed E-state index contributed by atoms with van der Waals surface area (Å²) in [5.41, 5.74) is 2.40. The van der Waals surface area contributed by atoms with Crippen molar-refractivity contribution >= 4 is 22.4 Å². The van der Waals surface area contributed by atoms with E-state index in [2.05, 4.69) is 9.97 Å². The Morgan fingerprint density at radius 2 is 2.14 bits per heavy atom. The Kier molecular flexibility index (Phi) is 3.47. The van der Waals surface area contributed by atoms with Crippen LogP contribution in [0.1, 0.15) is 15.6 Å². The van der Waals surface area contributed by atoms with E-state index < -0.39 is 0 Å². The third kappa shape index (κ3) is 2.54. The van der Waals surface area contributed by atoms with E-state index >= 15 is 0 Å². The largest absolute Gasteiger partial charge is 0.497 e. The molecule has 0 unspecified atom stereocenters. The van der Waals surface area contributed by atoms with Crippen molar-refractivity contribution in [3.63, 3.8) is 0 Å². The van der Waals surface area contributed by atoms with Crippen molar-refractivity contribution in [3.8, 4) is 5.75 Å². The van der Waals surface area contributed by atoms with E-state index in [1.807, 2.05) is 32.0 Å². The van der Waals surface area contributed by atoms with Crippen molar-refractivity contribution in [2.75, 3.05) is 7.11 Å². The molecule has 21 heavy (non-hydrogen) atoms. The third-order valence-corrected chi connectivity index (χ3v) is 4.48. The molecule has 0 spiro atoms. The number of hydrogen-bond donors (Lipinski definition) is 0. The number of aromatic nitrogens is 3. The maximum absolute atomic E-state index is 12.2. The lowest BCUT2D eigenvalue weighted by molar-refractivity contribution is 0.415. The predicted molar refractivity (Wildman–Crippen MR) is 83.2 cm³/mol. The summed E-state index contributed by atoms with van der Waals surface area (Å²) in [6.07, 6.45) is 1.35.